The molecule has 0 unspecified atom stereocenters. The Morgan fingerprint density at radius 1 is 1.21 bits per heavy atom. The molecule has 0 aliphatic carbocycles. The van der Waals surface area contributed by atoms with Gasteiger partial charge in [0.25, 0.3) is 0 Å². The van der Waals surface area contributed by atoms with Gasteiger partial charge in [0.1, 0.15) is 5.82 Å². The van der Waals surface area contributed by atoms with Crippen LogP contribution in [-0.2, 0) is 5.75 Å². The lowest BCUT2D eigenvalue weighted by Gasteiger charge is -2.12. The number of halogens is 2. The molecule has 0 fully saturated rings. The monoisotopic (exact) mass is 382 g/mol. The Kier molecular flexibility index (Phi) is 7.34. The number of rotatable bonds is 6. The van der Waals surface area contributed by atoms with E-state index >= 15 is 0 Å². The number of thiocarbonyl (C=S) groups is 1. The third-order valence-corrected chi connectivity index (χ3v) is 4.91. The van der Waals surface area contributed by atoms with Gasteiger partial charge >= 0.3 is 0 Å². The lowest BCUT2D eigenvalue weighted by atomic mass is 10.1. The first-order valence-corrected chi connectivity index (χ1v) is 9.53. The normalized spacial score (nSPS) is 10.5. The summed E-state index contributed by atoms with van der Waals surface area (Å²) in [7, 11) is 0. The maximum absolute atomic E-state index is 13.7. The maximum atomic E-state index is 13.7. The van der Waals surface area contributed by atoms with Gasteiger partial charge in [0.15, 0.2) is 5.11 Å². The molecule has 24 heavy (non-hydrogen) atoms. The van der Waals surface area contributed by atoms with Gasteiger partial charge in [-0.2, -0.15) is 11.8 Å². The van der Waals surface area contributed by atoms with Crippen molar-refractivity contribution in [2.75, 3.05) is 17.6 Å². The summed E-state index contributed by atoms with van der Waals surface area (Å²) in [5, 5.41) is 7.40. The summed E-state index contributed by atoms with van der Waals surface area (Å²) in [4.78, 5) is 0. The van der Waals surface area contributed by atoms with E-state index in [9.17, 15) is 4.39 Å². The fourth-order valence-electron chi connectivity index (χ4n) is 2.30. The molecule has 0 aromatic heterocycles. The average molecular weight is 383 g/mol. The molecule has 2 rings (SSSR count). The van der Waals surface area contributed by atoms with Crippen molar-refractivity contribution in [2.24, 2.45) is 0 Å². The summed E-state index contributed by atoms with van der Waals surface area (Å²) in [5.74, 6) is 1.10. The zero-order valence-corrected chi connectivity index (χ0v) is 16.0. The van der Waals surface area contributed by atoms with Crippen molar-refractivity contribution in [3.8, 4) is 0 Å². The number of aryl methyl sites for hydroxylation is 2. The second-order valence-corrected chi connectivity index (χ2v) is 7.43. The molecule has 0 radical (unpaired) electrons. The zero-order valence-electron chi connectivity index (χ0n) is 13.7. The van der Waals surface area contributed by atoms with Crippen LogP contribution in [0.2, 0.25) is 5.02 Å². The molecule has 0 aliphatic heterocycles. The Balaban J connectivity index is 1.71. The second-order valence-electron chi connectivity index (χ2n) is 5.51. The minimum atomic E-state index is -0.255. The molecule has 0 spiro atoms. The van der Waals surface area contributed by atoms with Crippen LogP contribution in [0.15, 0.2) is 36.4 Å². The highest BCUT2D eigenvalue weighted by Crippen LogP contribution is 2.23. The SMILES string of the molecule is Cc1cc(C)cc(NC(=S)NCCSCc2c(F)cccc2Cl)c1. The van der Waals surface area contributed by atoms with Gasteiger partial charge in [0.05, 0.1) is 0 Å². The van der Waals surface area contributed by atoms with E-state index in [1.165, 1.54) is 17.2 Å². The molecular weight excluding hydrogens is 363 g/mol. The van der Waals surface area contributed by atoms with Gasteiger partial charge in [-0.1, -0.05) is 23.7 Å². The number of hydrogen-bond acceptors (Lipinski definition) is 2. The van der Waals surface area contributed by atoms with Gasteiger partial charge in [-0.15, -0.1) is 0 Å². The van der Waals surface area contributed by atoms with E-state index in [0.717, 1.165) is 11.4 Å². The molecule has 2 N–H and O–H groups in total. The molecule has 6 heteroatoms. The predicted molar refractivity (Wildman–Crippen MR) is 108 cm³/mol. The van der Waals surface area contributed by atoms with E-state index in [2.05, 4.69) is 42.7 Å². The van der Waals surface area contributed by atoms with Crippen LogP contribution in [0.5, 0.6) is 0 Å². The first-order chi connectivity index (χ1) is 11.5. The van der Waals surface area contributed by atoms with Gasteiger partial charge in [-0.05, 0) is 61.5 Å². The molecule has 2 nitrogen and oxygen atoms in total. The van der Waals surface area contributed by atoms with Crippen LogP contribution in [0.25, 0.3) is 0 Å². The molecule has 0 saturated heterocycles. The van der Waals surface area contributed by atoms with Crippen molar-refractivity contribution in [3.05, 3.63) is 63.9 Å². The first kappa shape index (κ1) is 19.0. The fraction of sp³-hybridized carbons (Fsp3) is 0.278. The second kappa shape index (κ2) is 9.25. The van der Waals surface area contributed by atoms with Crippen LogP contribution in [0, 0.1) is 19.7 Å². The van der Waals surface area contributed by atoms with E-state index in [4.69, 9.17) is 23.8 Å². The lowest BCUT2D eigenvalue weighted by Crippen LogP contribution is -2.30. The molecular formula is C18H20ClFN2S2. The van der Waals surface area contributed by atoms with Crippen molar-refractivity contribution < 1.29 is 4.39 Å². The van der Waals surface area contributed by atoms with Crippen LogP contribution >= 0.6 is 35.6 Å². The van der Waals surface area contributed by atoms with E-state index in [1.54, 1.807) is 23.9 Å². The quantitative estimate of drug-likeness (QED) is 0.521. The zero-order chi connectivity index (χ0) is 17.5. The lowest BCUT2D eigenvalue weighted by molar-refractivity contribution is 0.617. The Labute approximate surface area is 157 Å². The van der Waals surface area contributed by atoms with Crippen molar-refractivity contribution >= 4 is 46.4 Å². The summed E-state index contributed by atoms with van der Waals surface area (Å²) >= 11 is 12.9. The minimum Gasteiger partial charge on any atom is -0.362 e. The van der Waals surface area contributed by atoms with E-state index < -0.39 is 0 Å². The Morgan fingerprint density at radius 3 is 2.58 bits per heavy atom. The van der Waals surface area contributed by atoms with Crippen molar-refractivity contribution in [3.63, 3.8) is 0 Å². The number of anilines is 1. The molecule has 0 aliphatic rings. The smallest absolute Gasteiger partial charge is 0.170 e. The van der Waals surface area contributed by atoms with Gasteiger partial charge in [-0.25, -0.2) is 4.39 Å². The molecule has 128 valence electrons. The third kappa shape index (κ3) is 5.96. The highest BCUT2D eigenvalue weighted by Gasteiger charge is 2.06. The first-order valence-electron chi connectivity index (χ1n) is 7.59. The minimum absolute atomic E-state index is 0.255. The van der Waals surface area contributed by atoms with E-state index in [-0.39, 0.29) is 5.82 Å². The molecule has 0 amide bonds. The van der Waals surface area contributed by atoms with E-state index in [1.807, 2.05) is 0 Å². The van der Waals surface area contributed by atoms with Crippen molar-refractivity contribution in [1.82, 2.24) is 5.32 Å². The summed E-state index contributed by atoms with van der Waals surface area (Å²) in [5.41, 5.74) is 3.92. The number of thioether (sulfide) groups is 1. The molecule has 2 aromatic carbocycles. The maximum Gasteiger partial charge on any atom is 0.170 e. The summed E-state index contributed by atoms with van der Waals surface area (Å²) in [6.07, 6.45) is 0. The van der Waals surface area contributed by atoms with Gasteiger partial charge in [-0.3, -0.25) is 0 Å². The highest BCUT2D eigenvalue weighted by atomic mass is 35.5. The van der Waals surface area contributed by atoms with Crippen LogP contribution < -0.4 is 10.6 Å². The largest absolute Gasteiger partial charge is 0.362 e. The van der Waals surface area contributed by atoms with Gasteiger partial charge < -0.3 is 10.6 Å². The number of nitrogens with one attached hydrogen (secondary N) is 2. The highest BCUT2D eigenvalue weighted by molar-refractivity contribution is 7.98. The van der Waals surface area contributed by atoms with Crippen LogP contribution in [0.3, 0.4) is 0 Å². The fourth-order valence-corrected chi connectivity index (χ4v) is 3.72. The summed E-state index contributed by atoms with van der Waals surface area (Å²) in [6, 6.07) is 11.0. The molecule has 0 atom stereocenters. The van der Waals surface area contributed by atoms with Crippen molar-refractivity contribution in [2.45, 2.75) is 19.6 Å². The topological polar surface area (TPSA) is 24.1 Å². The van der Waals surface area contributed by atoms with Gasteiger partial charge in [0.2, 0.25) is 0 Å². The summed E-state index contributed by atoms with van der Waals surface area (Å²) < 4.78 is 13.7. The Morgan fingerprint density at radius 2 is 1.92 bits per heavy atom. The third-order valence-electron chi connectivity index (χ3n) is 3.32. The standard InChI is InChI=1S/C18H20ClFN2S2/c1-12-8-13(2)10-14(9-12)22-18(23)21-6-7-24-11-15-16(19)4-3-5-17(15)20/h3-5,8-10H,6-7,11H2,1-2H3,(H2,21,22,23). The molecule has 0 saturated carbocycles. The molecule has 2 aromatic rings. The van der Waals surface area contributed by atoms with E-state index in [0.29, 0.717) is 28.0 Å². The van der Waals surface area contributed by atoms with Crippen LogP contribution in [0.1, 0.15) is 16.7 Å². The predicted octanol–water partition coefficient (Wildman–Crippen LogP) is 5.32. The molecule has 0 heterocycles. The Bertz CT molecular complexity index is 682. The van der Waals surface area contributed by atoms with Crippen molar-refractivity contribution in [1.29, 1.82) is 0 Å². The van der Waals surface area contributed by atoms with Gasteiger partial charge in [0, 0.05) is 34.3 Å². The van der Waals surface area contributed by atoms with Crippen LogP contribution in [-0.4, -0.2) is 17.4 Å². The average Bonchev–Trinajstić information content (AvgIpc) is 2.48. The number of hydrogen-bond donors (Lipinski definition) is 2. The molecule has 0 bridgehead atoms. The number of benzene rings is 2. The van der Waals surface area contributed by atoms with Crippen LogP contribution in [0.4, 0.5) is 10.1 Å². The Hall–Kier alpha value is -1.30. The summed E-state index contributed by atoms with van der Waals surface area (Å²) in [6.45, 7) is 4.81.